The number of hydrogen-bond donors (Lipinski definition) is 0. The molecule has 2 heterocycles. The van der Waals surface area contributed by atoms with E-state index in [-0.39, 0.29) is 29.2 Å². The Balaban J connectivity index is 1.71. The molecule has 0 spiro atoms. The summed E-state index contributed by atoms with van der Waals surface area (Å²) in [6, 6.07) is 1.41. The highest BCUT2D eigenvalue weighted by Crippen LogP contribution is 2.40. The van der Waals surface area contributed by atoms with E-state index in [1.165, 1.54) is 13.0 Å². The first kappa shape index (κ1) is 16.9. The van der Waals surface area contributed by atoms with Crippen molar-refractivity contribution in [2.75, 3.05) is 20.6 Å². The maximum Gasteiger partial charge on any atom is 0.333 e. The van der Waals surface area contributed by atoms with Gasteiger partial charge in [-0.25, -0.2) is 4.68 Å². The van der Waals surface area contributed by atoms with Crippen molar-refractivity contribution < 1.29 is 18.4 Å². The molecule has 1 aliphatic heterocycles. The molecule has 2 fully saturated rings. The fraction of sp³-hybridized carbons (Fsp3) is 0.688. The van der Waals surface area contributed by atoms with Crippen LogP contribution in [0.2, 0.25) is 0 Å². The Morgan fingerprint density at radius 2 is 2.04 bits per heavy atom. The molecule has 0 aromatic carbocycles. The molecule has 0 radical (unpaired) electrons. The summed E-state index contributed by atoms with van der Waals surface area (Å²) in [6.45, 7) is -0.532. The summed E-state index contributed by atoms with van der Waals surface area (Å²) in [5.41, 5.74) is 0.299. The molecule has 2 aliphatic rings. The molecule has 8 heteroatoms. The van der Waals surface area contributed by atoms with Crippen LogP contribution in [0, 0.1) is 18.8 Å². The first-order chi connectivity index (χ1) is 11.3. The van der Waals surface area contributed by atoms with Crippen LogP contribution in [0.5, 0.6) is 0 Å². The molecule has 0 bridgehead atoms. The van der Waals surface area contributed by atoms with E-state index in [4.69, 9.17) is 0 Å². The quantitative estimate of drug-likeness (QED) is 0.845. The lowest BCUT2D eigenvalue weighted by Gasteiger charge is -2.31. The summed E-state index contributed by atoms with van der Waals surface area (Å²) in [7, 11) is 3.49. The number of likely N-dealkylation sites (tertiary alicyclic amines) is 1. The number of carbonyl (C=O) groups excluding carboxylic acids is 2. The fourth-order valence-corrected chi connectivity index (χ4v) is 3.94. The van der Waals surface area contributed by atoms with Crippen molar-refractivity contribution >= 4 is 11.8 Å². The third-order valence-electron chi connectivity index (χ3n) is 5.38. The van der Waals surface area contributed by atoms with Crippen LogP contribution in [-0.2, 0) is 4.79 Å². The van der Waals surface area contributed by atoms with Crippen LogP contribution in [0.1, 0.15) is 42.0 Å². The number of alkyl halides is 2. The van der Waals surface area contributed by atoms with Gasteiger partial charge in [0, 0.05) is 38.8 Å². The molecular weight excluding hydrogens is 318 g/mol. The van der Waals surface area contributed by atoms with Gasteiger partial charge in [0.1, 0.15) is 0 Å². The second-order valence-electron chi connectivity index (χ2n) is 6.93. The zero-order valence-electron chi connectivity index (χ0n) is 14.1. The maximum absolute atomic E-state index is 12.8. The fourth-order valence-electron chi connectivity index (χ4n) is 3.94. The molecule has 24 heavy (non-hydrogen) atoms. The van der Waals surface area contributed by atoms with Gasteiger partial charge in [-0.2, -0.15) is 13.9 Å². The van der Waals surface area contributed by atoms with E-state index in [1.807, 2.05) is 0 Å². The van der Waals surface area contributed by atoms with Crippen molar-refractivity contribution in [1.29, 1.82) is 0 Å². The number of amides is 2. The Morgan fingerprint density at radius 1 is 1.38 bits per heavy atom. The molecule has 0 unspecified atom stereocenters. The highest BCUT2D eigenvalue weighted by atomic mass is 19.3. The first-order valence-corrected chi connectivity index (χ1v) is 8.13. The number of piperidine rings is 1. The minimum absolute atomic E-state index is 0.0174. The Bertz CT molecular complexity index is 661. The monoisotopic (exact) mass is 340 g/mol. The lowest BCUT2D eigenvalue weighted by atomic mass is 9.88. The Kier molecular flexibility index (Phi) is 4.31. The molecule has 6 nitrogen and oxygen atoms in total. The van der Waals surface area contributed by atoms with E-state index in [1.54, 1.807) is 23.9 Å². The van der Waals surface area contributed by atoms with Crippen LogP contribution < -0.4 is 0 Å². The molecule has 3 rings (SSSR count). The van der Waals surface area contributed by atoms with Crippen LogP contribution in [0.3, 0.4) is 0 Å². The predicted octanol–water partition coefficient (Wildman–Crippen LogP) is 1.92. The van der Waals surface area contributed by atoms with Gasteiger partial charge in [-0.15, -0.1) is 0 Å². The Labute approximate surface area is 139 Å². The molecule has 132 valence electrons. The topological polar surface area (TPSA) is 58.4 Å². The summed E-state index contributed by atoms with van der Waals surface area (Å²) in [5, 5.41) is 3.73. The van der Waals surface area contributed by atoms with E-state index in [0.29, 0.717) is 22.9 Å². The number of halogens is 2. The molecule has 1 aromatic heterocycles. The molecule has 3 atom stereocenters. The molecular formula is C16H22F2N4O2. The van der Waals surface area contributed by atoms with Crippen molar-refractivity contribution in [3.63, 3.8) is 0 Å². The number of fused-ring (bicyclic) bond motifs is 1. The lowest BCUT2D eigenvalue weighted by Crippen LogP contribution is -2.40. The Hall–Kier alpha value is -1.99. The number of rotatable bonds is 3. The van der Waals surface area contributed by atoms with Crippen LogP contribution >= 0.6 is 0 Å². The molecule has 1 aromatic rings. The van der Waals surface area contributed by atoms with Gasteiger partial charge in [0.2, 0.25) is 5.91 Å². The maximum atomic E-state index is 12.8. The molecule has 1 saturated carbocycles. The number of carbonyl (C=O) groups is 2. The normalized spacial score (nSPS) is 26.8. The second kappa shape index (κ2) is 6.14. The molecule has 1 saturated heterocycles. The third-order valence-corrected chi connectivity index (χ3v) is 5.38. The van der Waals surface area contributed by atoms with Gasteiger partial charge in [0.15, 0.2) is 5.69 Å². The summed E-state index contributed by atoms with van der Waals surface area (Å²) in [5.74, 6) is 0.501. The minimum atomic E-state index is -2.76. The average molecular weight is 340 g/mol. The third kappa shape index (κ3) is 2.89. The van der Waals surface area contributed by atoms with Gasteiger partial charge in [0.25, 0.3) is 5.91 Å². The van der Waals surface area contributed by atoms with Crippen molar-refractivity contribution in [2.24, 2.45) is 11.8 Å². The first-order valence-electron chi connectivity index (χ1n) is 8.13. The van der Waals surface area contributed by atoms with Crippen molar-refractivity contribution in [1.82, 2.24) is 19.6 Å². The minimum Gasteiger partial charge on any atom is -0.345 e. The highest BCUT2D eigenvalue weighted by molar-refractivity contribution is 5.92. The van der Waals surface area contributed by atoms with E-state index in [0.717, 1.165) is 19.4 Å². The van der Waals surface area contributed by atoms with Gasteiger partial charge in [-0.1, -0.05) is 0 Å². The van der Waals surface area contributed by atoms with Gasteiger partial charge < -0.3 is 9.80 Å². The van der Waals surface area contributed by atoms with Crippen LogP contribution in [0.15, 0.2) is 6.07 Å². The standard InChI is InChI=1S/C16H22F2N4O2/c1-9-4-13(19-22(9)16(17)18)15(24)21(3)12-5-10-7-14(23)20(2)8-11(10)6-12/h4,10-12,16H,5-8H2,1-3H3/t10-,11+,12-/m0/s1. The van der Waals surface area contributed by atoms with Gasteiger partial charge in [-0.05, 0) is 37.7 Å². The highest BCUT2D eigenvalue weighted by Gasteiger charge is 2.42. The summed E-state index contributed by atoms with van der Waals surface area (Å²) in [4.78, 5) is 27.8. The van der Waals surface area contributed by atoms with Gasteiger partial charge in [-0.3, -0.25) is 9.59 Å². The number of nitrogens with zero attached hydrogens (tertiary/aromatic N) is 4. The summed E-state index contributed by atoms with van der Waals surface area (Å²) >= 11 is 0. The van der Waals surface area contributed by atoms with Crippen LogP contribution in [-0.4, -0.2) is 58.1 Å². The largest absolute Gasteiger partial charge is 0.345 e. The van der Waals surface area contributed by atoms with Crippen molar-refractivity contribution in [3.8, 4) is 0 Å². The average Bonchev–Trinajstić information content (AvgIpc) is 3.09. The van der Waals surface area contributed by atoms with E-state index < -0.39 is 6.55 Å². The zero-order chi connectivity index (χ0) is 17.6. The second-order valence-corrected chi connectivity index (χ2v) is 6.93. The zero-order valence-corrected chi connectivity index (χ0v) is 14.1. The summed E-state index contributed by atoms with van der Waals surface area (Å²) in [6.07, 6.45) is 2.14. The van der Waals surface area contributed by atoms with Crippen molar-refractivity contribution in [3.05, 3.63) is 17.5 Å². The van der Waals surface area contributed by atoms with Crippen LogP contribution in [0.4, 0.5) is 8.78 Å². The molecule has 2 amide bonds. The van der Waals surface area contributed by atoms with E-state index >= 15 is 0 Å². The lowest BCUT2D eigenvalue weighted by molar-refractivity contribution is -0.134. The smallest absolute Gasteiger partial charge is 0.333 e. The number of aromatic nitrogens is 2. The molecule has 0 N–H and O–H groups in total. The number of hydrogen-bond acceptors (Lipinski definition) is 3. The van der Waals surface area contributed by atoms with E-state index in [9.17, 15) is 18.4 Å². The number of aryl methyl sites for hydroxylation is 1. The Morgan fingerprint density at radius 3 is 2.67 bits per heavy atom. The van der Waals surface area contributed by atoms with Crippen molar-refractivity contribution in [2.45, 2.75) is 38.8 Å². The summed E-state index contributed by atoms with van der Waals surface area (Å²) < 4.78 is 26.2. The SMILES string of the molecule is Cc1cc(C(=O)N(C)[C@H]2C[C@H]3CC(=O)N(C)C[C@H]3C2)nn1C(F)F. The van der Waals surface area contributed by atoms with Gasteiger partial charge in [0.05, 0.1) is 0 Å². The predicted molar refractivity (Wildman–Crippen MR) is 82.6 cm³/mol. The van der Waals surface area contributed by atoms with Crippen LogP contribution in [0.25, 0.3) is 0 Å². The van der Waals surface area contributed by atoms with E-state index in [2.05, 4.69) is 5.10 Å². The molecule has 1 aliphatic carbocycles. The van der Waals surface area contributed by atoms with Gasteiger partial charge >= 0.3 is 6.55 Å².